The van der Waals surface area contributed by atoms with Crippen LogP contribution in [0.2, 0.25) is 0 Å². The number of allylic oxidation sites excluding steroid dienone is 4. The second kappa shape index (κ2) is 8.49. The summed E-state index contributed by atoms with van der Waals surface area (Å²) in [4.78, 5) is 9.74. The Hall–Kier alpha value is -2.78. The molecule has 0 bridgehead atoms. The second-order valence-electron chi connectivity index (χ2n) is 7.18. The van der Waals surface area contributed by atoms with Crippen molar-refractivity contribution < 1.29 is 0 Å². The van der Waals surface area contributed by atoms with E-state index in [1.807, 2.05) is 12.1 Å². The minimum atomic E-state index is 0.330. The lowest BCUT2D eigenvalue weighted by molar-refractivity contribution is 0.628. The highest BCUT2D eigenvalue weighted by molar-refractivity contribution is 7.80. The average molecular weight is 385 g/mol. The van der Waals surface area contributed by atoms with E-state index in [2.05, 4.69) is 78.7 Å². The van der Waals surface area contributed by atoms with E-state index in [4.69, 9.17) is 17.2 Å². The lowest BCUT2D eigenvalue weighted by atomic mass is 9.93. The Labute approximate surface area is 172 Å². The van der Waals surface area contributed by atoms with Gasteiger partial charge in [0.05, 0.1) is 11.4 Å². The lowest BCUT2D eigenvalue weighted by Gasteiger charge is -2.15. The first-order chi connectivity index (χ1) is 13.7. The summed E-state index contributed by atoms with van der Waals surface area (Å²) in [5.74, 6) is 1.38. The van der Waals surface area contributed by atoms with Crippen LogP contribution in [0.5, 0.6) is 0 Å². The third-order valence-corrected chi connectivity index (χ3v) is 5.48. The molecular formula is C25H24N2S. The number of nitrogens with one attached hydrogen (secondary N) is 1. The molecule has 0 fully saturated rings. The highest BCUT2D eigenvalue weighted by Crippen LogP contribution is 2.34. The minimum absolute atomic E-state index is 0.330. The third kappa shape index (κ3) is 4.05. The summed E-state index contributed by atoms with van der Waals surface area (Å²) in [7, 11) is 0. The summed E-state index contributed by atoms with van der Waals surface area (Å²) in [6, 6.07) is 20.9. The molecule has 1 aromatic heterocycles. The molecule has 1 heterocycles. The van der Waals surface area contributed by atoms with E-state index in [0.717, 1.165) is 52.5 Å². The molecule has 0 aliphatic heterocycles. The Balaban J connectivity index is 1.74. The zero-order chi connectivity index (χ0) is 19.3. The topological polar surface area (TPSA) is 28.7 Å². The van der Waals surface area contributed by atoms with Crippen molar-refractivity contribution >= 4 is 17.1 Å². The van der Waals surface area contributed by atoms with Crippen LogP contribution < -0.4 is 0 Å². The summed E-state index contributed by atoms with van der Waals surface area (Å²) in [5.41, 5.74) is 5.69. The molecule has 0 radical (unpaired) electrons. The van der Waals surface area contributed by atoms with Gasteiger partial charge in [0.15, 0.2) is 0 Å². The first kappa shape index (κ1) is 18.6. The van der Waals surface area contributed by atoms with Gasteiger partial charge in [-0.15, -0.1) is 0 Å². The first-order valence-electron chi connectivity index (χ1n) is 9.85. The molecule has 2 nitrogen and oxygen atoms in total. The van der Waals surface area contributed by atoms with Crippen LogP contribution in [0.25, 0.3) is 22.5 Å². The summed E-state index contributed by atoms with van der Waals surface area (Å²) in [6.07, 6.45) is 9.37. The Morgan fingerprint density at radius 2 is 1.68 bits per heavy atom. The van der Waals surface area contributed by atoms with Gasteiger partial charge in [-0.3, -0.25) is 0 Å². The van der Waals surface area contributed by atoms with E-state index in [-0.39, 0.29) is 0 Å². The highest BCUT2D eigenvalue weighted by Gasteiger charge is 2.20. The quantitative estimate of drug-likeness (QED) is 0.469. The lowest BCUT2D eigenvalue weighted by Crippen LogP contribution is -2.04. The third-order valence-electron chi connectivity index (χ3n) is 5.19. The fraction of sp³-hybridized carbons (Fsp3) is 0.200. The largest absolute Gasteiger partial charge is 0.341 e. The molecule has 0 amide bonds. The van der Waals surface area contributed by atoms with Gasteiger partial charge in [-0.2, -0.15) is 0 Å². The SMILES string of the molecule is CCC(CC1=CC(=S)CC=C1)c1nc(-c2ccccc2)c(-c2ccccc2)[nH]1. The second-order valence-corrected chi connectivity index (χ2v) is 7.70. The van der Waals surface area contributed by atoms with Crippen LogP contribution in [0, 0.1) is 0 Å². The van der Waals surface area contributed by atoms with Gasteiger partial charge in [0.2, 0.25) is 0 Å². The molecule has 2 aromatic carbocycles. The minimum Gasteiger partial charge on any atom is -0.341 e. The number of imidazole rings is 1. The van der Waals surface area contributed by atoms with E-state index < -0.39 is 0 Å². The van der Waals surface area contributed by atoms with Crippen molar-refractivity contribution in [1.82, 2.24) is 9.97 Å². The fourth-order valence-electron chi connectivity index (χ4n) is 3.69. The molecule has 1 N–H and O–H groups in total. The monoisotopic (exact) mass is 384 g/mol. The average Bonchev–Trinajstić information content (AvgIpc) is 3.19. The van der Waals surface area contributed by atoms with E-state index in [1.54, 1.807) is 0 Å². The molecule has 3 aromatic rings. The van der Waals surface area contributed by atoms with Gasteiger partial charge in [-0.25, -0.2) is 4.98 Å². The van der Waals surface area contributed by atoms with Gasteiger partial charge in [-0.1, -0.05) is 92.0 Å². The Bertz CT molecular complexity index is 956. The van der Waals surface area contributed by atoms with Gasteiger partial charge in [-0.05, 0) is 24.5 Å². The fourth-order valence-corrected chi connectivity index (χ4v) is 3.94. The molecule has 1 aliphatic carbocycles. The summed E-state index contributed by atoms with van der Waals surface area (Å²) >= 11 is 5.39. The highest BCUT2D eigenvalue weighted by atomic mass is 32.1. The number of aromatic nitrogens is 2. The molecule has 4 rings (SSSR count). The number of thiocarbonyl (C=S) groups is 1. The van der Waals surface area contributed by atoms with E-state index in [1.165, 1.54) is 5.57 Å². The van der Waals surface area contributed by atoms with Crippen molar-refractivity contribution in [3.8, 4) is 22.5 Å². The Morgan fingerprint density at radius 1 is 1.00 bits per heavy atom. The van der Waals surface area contributed by atoms with Crippen LogP contribution >= 0.6 is 12.2 Å². The maximum Gasteiger partial charge on any atom is 0.110 e. The number of H-pyrrole nitrogens is 1. The van der Waals surface area contributed by atoms with Crippen LogP contribution in [0.15, 0.2) is 84.5 Å². The number of hydrogen-bond acceptors (Lipinski definition) is 2. The smallest absolute Gasteiger partial charge is 0.110 e. The van der Waals surface area contributed by atoms with E-state index >= 15 is 0 Å². The molecule has 1 unspecified atom stereocenters. The van der Waals surface area contributed by atoms with Crippen molar-refractivity contribution in [2.24, 2.45) is 0 Å². The van der Waals surface area contributed by atoms with E-state index in [9.17, 15) is 0 Å². The predicted molar refractivity (Wildman–Crippen MR) is 122 cm³/mol. The van der Waals surface area contributed by atoms with Gasteiger partial charge < -0.3 is 4.98 Å². The van der Waals surface area contributed by atoms with Gasteiger partial charge in [0, 0.05) is 28.3 Å². The molecular weight excluding hydrogens is 360 g/mol. The van der Waals surface area contributed by atoms with Crippen molar-refractivity contribution in [3.63, 3.8) is 0 Å². The summed E-state index contributed by atoms with van der Waals surface area (Å²) in [6.45, 7) is 2.23. The van der Waals surface area contributed by atoms with Gasteiger partial charge in [0.25, 0.3) is 0 Å². The first-order valence-corrected chi connectivity index (χ1v) is 10.3. The standard InChI is InChI=1S/C25H24N2S/c1-2-19(16-18-10-9-15-22(28)17-18)25-26-23(20-11-5-3-6-12-20)24(27-25)21-13-7-4-8-14-21/h3-14,17,19H,2,15-16H2,1H3,(H,26,27). The zero-order valence-electron chi connectivity index (χ0n) is 16.1. The van der Waals surface area contributed by atoms with Crippen LogP contribution in [0.3, 0.4) is 0 Å². The van der Waals surface area contributed by atoms with Crippen LogP contribution in [0.4, 0.5) is 0 Å². The summed E-state index contributed by atoms with van der Waals surface area (Å²) in [5, 5.41) is 0. The number of benzene rings is 2. The number of rotatable bonds is 6. The number of aromatic amines is 1. The van der Waals surface area contributed by atoms with Gasteiger partial charge in [0.1, 0.15) is 5.82 Å². The number of hydrogen-bond donors (Lipinski definition) is 1. The zero-order valence-corrected chi connectivity index (χ0v) is 16.9. The van der Waals surface area contributed by atoms with Crippen molar-refractivity contribution in [2.45, 2.75) is 32.1 Å². The van der Waals surface area contributed by atoms with Crippen LogP contribution in [-0.4, -0.2) is 14.8 Å². The van der Waals surface area contributed by atoms with Crippen LogP contribution in [-0.2, 0) is 0 Å². The van der Waals surface area contributed by atoms with Crippen molar-refractivity contribution in [1.29, 1.82) is 0 Å². The molecule has 0 saturated carbocycles. The summed E-state index contributed by atoms with van der Waals surface area (Å²) < 4.78 is 0. The van der Waals surface area contributed by atoms with Gasteiger partial charge >= 0.3 is 0 Å². The number of nitrogens with zero attached hydrogens (tertiary/aromatic N) is 1. The molecule has 1 atom stereocenters. The Morgan fingerprint density at radius 3 is 2.32 bits per heavy atom. The molecule has 1 aliphatic rings. The maximum absolute atomic E-state index is 5.39. The van der Waals surface area contributed by atoms with Crippen molar-refractivity contribution in [2.75, 3.05) is 0 Å². The Kier molecular flexibility index (Phi) is 5.63. The van der Waals surface area contributed by atoms with Crippen LogP contribution in [0.1, 0.15) is 37.9 Å². The normalized spacial score (nSPS) is 14.8. The maximum atomic E-state index is 5.39. The molecule has 0 spiro atoms. The van der Waals surface area contributed by atoms with E-state index in [0.29, 0.717) is 5.92 Å². The van der Waals surface area contributed by atoms with Crippen molar-refractivity contribution in [3.05, 3.63) is 90.3 Å². The molecule has 28 heavy (non-hydrogen) atoms. The molecule has 140 valence electrons. The predicted octanol–water partition coefficient (Wildman–Crippen LogP) is 6.88. The molecule has 3 heteroatoms. The molecule has 0 saturated heterocycles.